The second kappa shape index (κ2) is 9.26. The molecular weight excluding hydrogens is 390 g/mol. The summed E-state index contributed by atoms with van der Waals surface area (Å²) in [5, 5.41) is 0. The van der Waals surface area contributed by atoms with Crippen molar-refractivity contribution >= 4 is 40.3 Å². The summed E-state index contributed by atoms with van der Waals surface area (Å²) in [6.07, 6.45) is 2.60. The molecule has 6 heteroatoms. The van der Waals surface area contributed by atoms with E-state index in [-0.39, 0.29) is 5.91 Å². The molecule has 2 aromatic rings. The molecule has 3 rings (SSSR count). The summed E-state index contributed by atoms with van der Waals surface area (Å²) in [5.74, 6) is 1.58. The highest BCUT2D eigenvalue weighted by molar-refractivity contribution is 8.26. The van der Waals surface area contributed by atoms with E-state index in [4.69, 9.17) is 21.7 Å². The third-order valence-electron chi connectivity index (χ3n) is 4.33. The van der Waals surface area contributed by atoms with Gasteiger partial charge < -0.3 is 9.47 Å². The molecule has 28 heavy (non-hydrogen) atoms. The lowest BCUT2D eigenvalue weighted by molar-refractivity contribution is -0.121. The molecule has 0 radical (unpaired) electrons. The molecule has 1 saturated heterocycles. The fourth-order valence-corrected chi connectivity index (χ4v) is 3.97. The second-order valence-corrected chi connectivity index (χ2v) is 8.27. The number of thioether (sulfide) groups is 1. The molecule has 0 N–H and O–H groups in total. The summed E-state index contributed by atoms with van der Waals surface area (Å²) in [7, 11) is 1.69. The summed E-state index contributed by atoms with van der Waals surface area (Å²) in [6, 6.07) is 13.9. The Morgan fingerprint density at radius 3 is 2.46 bits per heavy atom. The van der Waals surface area contributed by atoms with Crippen LogP contribution in [0.25, 0.3) is 6.08 Å². The van der Waals surface area contributed by atoms with Crippen LogP contribution < -0.4 is 9.47 Å². The van der Waals surface area contributed by atoms with Gasteiger partial charge in [-0.15, -0.1) is 0 Å². The van der Waals surface area contributed by atoms with Gasteiger partial charge in [0.15, 0.2) is 0 Å². The zero-order valence-electron chi connectivity index (χ0n) is 16.2. The highest BCUT2D eigenvalue weighted by atomic mass is 32.2. The maximum Gasteiger partial charge on any atom is 0.265 e. The molecule has 1 aliphatic rings. The number of hydrogen-bond donors (Lipinski definition) is 0. The normalized spacial score (nSPS) is 15.4. The van der Waals surface area contributed by atoms with Crippen molar-refractivity contribution in [2.45, 2.75) is 20.3 Å². The molecule has 0 unspecified atom stereocenters. The lowest BCUT2D eigenvalue weighted by Gasteiger charge is -2.12. The van der Waals surface area contributed by atoms with Crippen molar-refractivity contribution in [2.75, 3.05) is 20.3 Å². The molecule has 0 spiro atoms. The molecular formula is C22H23NO3S2. The lowest BCUT2D eigenvalue weighted by atomic mass is 10.1. The van der Waals surface area contributed by atoms with Crippen molar-refractivity contribution in [1.29, 1.82) is 0 Å². The van der Waals surface area contributed by atoms with E-state index in [0.717, 1.165) is 29.0 Å². The minimum Gasteiger partial charge on any atom is -0.493 e. The van der Waals surface area contributed by atoms with Gasteiger partial charge in [-0.1, -0.05) is 59.9 Å². The van der Waals surface area contributed by atoms with Crippen molar-refractivity contribution in [3.05, 3.63) is 64.1 Å². The monoisotopic (exact) mass is 413 g/mol. The van der Waals surface area contributed by atoms with Crippen LogP contribution in [0.1, 0.15) is 23.1 Å². The van der Waals surface area contributed by atoms with Crippen LogP contribution in [0.3, 0.4) is 0 Å². The molecule has 0 atom stereocenters. The summed E-state index contributed by atoms with van der Waals surface area (Å²) < 4.78 is 12.3. The molecule has 0 aliphatic carbocycles. The quantitative estimate of drug-likeness (QED) is 0.364. The molecule has 1 heterocycles. The number of nitrogens with zero attached hydrogens (tertiary/aromatic N) is 1. The lowest BCUT2D eigenvalue weighted by Crippen LogP contribution is -2.22. The number of hydrogen-bond acceptors (Lipinski definition) is 5. The van der Waals surface area contributed by atoms with Gasteiger partial charge in [-0.2, -0.15) is 0 Å². The molecule has 0 bridgehead atoms. The Morgan fingerprint density at radius 1 is 1.07 bits per heavy atom. The summed E-state index contributed by atoms with van der Waals surface area (Å²) in [6.45, 7) is 5.24. The Morgan fingerprint density at radius 2 is 1.79 bits per heavy atom. The molecule has 1 fully saturated rings. The number of ether oxygens (including phenoxy) is 2. The Bertz CT molecular complexity index is 924. The Balaban J connectivity index is 1.56. The van der Waals surface area contributed by atoms with Crippen LogP contribution in [-0.2, 0) is 4.79 Å². The van der Waals surface area contributed by atoms with Gasteiger partial charge in [0.2, 0.25) is 0 Å². The van der Waals surface area contributed by atoms with Crippen molar-refractivity contribution in [1.82, 2.24) is 4.90 Å². The number of likely N-dealkylation sites (N-methyl/N-ethyl adjacent to an activating group) is 1. The van der Waals surface area contributed by atoms with Crippen molar-refractivity contribution in [3.63, 3.8) is 0 Å². The van der Waals surface area contributed by atoms with Crippen LogP contribution in [0.4, 0.5) is 0 Å². The summed E-state index contributed by atoms with van der Waals surface area (Å²) in [5.41, 5.74) is 3.23. The zero-order valence-corrected chi connectivity index (χ0v) is 17.9. The van der Waals surface area contributed by atoms with Gasteiger partial charge in [0.25, 0.3) is 5.91 Å². The van der Waals surface area contributed by atoms with Gasteiger partial charge in [-0.25, -0.2) is 0 Å². The third-order valence-corrected chi connectivity index (χ3v) is 5.81. The van der Waals surface area contributed by atoms with E-state index in [2.05, 4.69) is 13.0 Å². The second-order valence-electron chi connectivity index (χ2n) is 6.60. The number of carbonyl (C=O) groups is 1. The van der Waals surface area contributed by atoms with Crippen LogP contribution >= 0.6 is 24.0 Å². The topological polar surface area (TPSA) is 38.8 Å². The predicted octanol–water partition coefficient (Wildman–Crippen LogP) is 4.98. The van der Waals surface area contributed by atoms with Crippen LogP contribution in [0.2, 0.25) is 0 Å². The maximum atomic E-state index is 12.2. The van der Waals surface area contributed by atoms with E-state index < -0.39 is 0 Å². The highest BCUT2D eigenvalue weighted by Crippen LogP contribution is 2.33. The fraction of sp³-hybridized carbons (Fsp3) is 0.273. The number of carbonyl (C=O) groups excluding carboxylic acids is 1. The molecule has 0 saturated carbocycles. The number of amides is 1. The van der Waals surface area contributed by atoms with Crippen molar-refractivity contribution < 1.29 is 14.3 Å². The maximum absolute atomic E-state index is 12.2. The fourth-order valence-electron chi connectivity index (χ4n) is 2.80. The number of thiocarbonyl (C=S) groups is 1. The molecule has 146 valence electrons. The predicted molar refractivity (Wildman–Crippen MR) is 119 cm³/mol. The van der Waals surface area contributed by atoms with E-state index in [1.165, 1.54) is 22.2 Å². The first-order valence-corrected chi connectivity index (χ1v) is 10.3. The van der Waals surface area contributed by atoms with Crippen molar-refractivity contribution in [2.24, 2.45) is 0 Å². The van der Waals surface area contributed by atoms with Crippen LogP contribution in [0, 0.1) is 13.8 Å². The zero-order chi connectivity index (χ0) is 20.1. The minimum absolute atomic E-state index is 0.0772. The first-order valence-electron chi connectivity index (χ1n) is 9.09. The molecule has 1 amide bonds. The van der Waals surface area contributed by atoms with Gasteiger partial charge >= 0.3 is 0 Å². The standard InChI is InChI=1S/C22H23NO3S2/c1-15-9-10-18(16(2)13-15)25-11-6-12-26-19-8-5-4-7-17(19)14-20-21(24)23(3)22(27)28-20/h4-5,7-10,13-14H,6,11-12H2,1-3H3. The SMILES string of the molecule is Cc1ccc(OCCCOc2ccccc2C=C2SC(=S)N(C)C2=O)c(C)c1. The molecule has 2 aromatic carbocycles. The van der Waals surface area contributed by atoms with Crippen LogP contribution in [0.5, 0.6) is 11.5 Å². The molecule has 0 aromatic heterocycles. The summed E-state index contributed by atoms with van der Waals surface area (Å²) in [4.78, 5) is 14.3. The summed E-state index contributed by atoms with van der Waals surface area (Å²) >= 11 is 6.49. The number of benzene rings is 2. The first kappa shape index (κ1) is 20.4. The van der Waals surface area contributed by atoms with Gasteiger partial charge in [0.05, 0.1) is 18.1 Å². The minimum atomic E-state index is -0.0772. The van der Waals surface area contributed by atoms with Crippen LogP contribution in [0.15, 0.2) is 47.4 Å². The van der Waals surface area contributed by atoms with Gasteiger partial charge in [-0.05, 0) is 37.6 Å². The van der Waals surface area contributed by atoms with Gasteiger partial charge in [0.1, 0.15) is 15.8 Å². The van der Waals surface area contributed by atoms with E-state index in [0.29, 0.717) is 22.4 Å². The molecule has 4 nitrogen and oxygen atoms in total. The number of rotatable bonds is 7. The van der Waals surface area contributed by atoms with Crippen molar-refractivity contribution in [3.8, 4) is 11.5 Å². The number of aryl methyl sites for hydroxylation is 2. The number of para-hydroxylation sites is 1. The van der Waals surface area contributed by atoms with Gasteiger partial charge in [-0.3, -0.25) is 9.69 Å². The van der Waals surface area contributed by atoms with E-state index in [1.807, 2.05) is 49.4 Å². The van der Waals surface area contributed by atoms with Gasteiger partial charge in [0, 0.05) is 19.0 Å². The van der Waals surface area contributed by atoms with Crippen LogP contribution in [-0.4, -0.2) is 35.4 Å². The van der Waals surface area contributed by atoms with E-state index >= 15 is 0 Å². The third kappa shape index (κ3) is 4.94. The Labute approximate surface area is 175 Å². The molecule has 1 aliphatic heterocycles. The Hall–Kier alpha value is -2.31. The van der Waals surface area contributed by atoms with E-state index in [1.54, 1.807) is 7.05 Å². The average Bonchev–Trinajstić information content (AvgIpc) is 2.91. The average molecular weight is 414 g/mol. The Kier molecular flexibility index (Phi) is 6.75. The highest BCUT2D eigenvalue weighted by Gasteiger charge is 2.28. The van der Waals surface area contributed by atoms with E-state index in [9.17, 15) is 4.79 Å². The smallest absolute Gasteiger partial charge is 0.265 e. The largest absolute Gasteiger partial charge is 0.493 e. The first-order chi connectivity index (χ1) is 13.5.